The lowest BCUT2D eigenvalue weighted by molar-refractivity contribution is -0.120. The molecule has 1 aliphatic heterocycles. The molecule has 1 N–H and O–H groups in total. The molecule has 0 saturated heterocycles. The van der Waals surface area contributed by atoms with Crippen molar-refractivity contribution in [2.75, 3.05) is 29.2 Å². The zero-order chi connectivity index (χ0) is 23.8. The second-order valence-electron chi connectivity index (χ2n) is 8.27. The first-order valence-electron chi connectivity index (χ1n) is 10.9. The molecule has 0 bridgehead atoms. The van der Waals surface area contributed by atoms with Gasteiger partial charge in [0.15, 0.2) is 0 Å². The topological polar surface area (TPSA) is 52.7 Å². The van der Waals surface area contributed by atoms with Crippen molar-refractivity contribution in [3.63, 3.8) is 0 Å². The highest BCUT2D eigenvalue weighted by Crippen LogP contribution is 2.37. The van der Waals surface area contributed by atoms with Crippen LogP contribution in [0.2, 0.25) is 5.02 Å². The molecule has 34 heavy (non-hydrogen) atoms. The number of imide groups is 1. The molecule has 0 aliphatic carbocycles. The number of nitrogens with one attached hydrogen (secondary N) is 1. The van der Waals surface area contributed by atoms with E-state index in [0.29, 0.717) is 27.5 Å². The average molecular weight is 468 g/mol. The van der Waals surface area contributed by atoms with Gasteiger partial charge in [-0.2, -0.15) is 0 Å². The monoisotopic (exact) mass is 467 g/mol. The summed E-state index contributed by atoms with van der Waals surface area (Å²) in [5.74, 6) is -0.779. The molecule has 6 heteroatoms. The molecule has 5 nitrogen and oxygen atoms in total. The van der Waals surface area contributed by atoms with Gasteiger partial charge in [0.05, 0.1) is 11.3 Å². The Kier molecular flexibility index (Phi) is 5.56. The van der Waals surface area contributed by atoms with Gasteiger partial charge in [-0.15, -0.1) is 0 Å². The van der Waals surface area contributed by atoms with Gasteiger partial charge >= 0.3 is 0 Å². The molecule has 1 heterocycles. The fraction of sp³-hybridized carbons (Fsp3) is 0.0714. The van der Waals surface area contributed by atoms with Crippen molar-refractivity contribution in [3.05, 3.63) is 107 Å². The lowest BCUT2D eigenvalue weighted by atomic mass is 10.0. The minimum absolute atomic E-state index is 0.234. The molecule has 0 radical (unpaired) electrons. The minimum atomic E-state index is -0.400. The van der Waals surface area contributed by atoms with E-state index in [1.807, 2.05) is 79.7 Å². The zero-order valence-corrected chi connectivity index (χ0v) is 19.5. The Hall–Kier alpha value is -4.09. The molecule has 0 unspecified atom stereocenters. The number of carbonyl (C=O) groups is 2. The van der Waals surface area contributed by atoms with Crippen LogP contribution in [0.3, 0.4) is 0 Å². The third-order valence-corrected chi connectivity index (χ3v) is 6.13. The molecule has 2 amide bonds. The van der Waals surface area contributed by atoms with Crippen molar-refractivity contribution in [2.24, 2.45) is 0 Å². The van der Waals surface area contributed by atoms with E-state index in [4.69, 9.17) is 11.6 Å². The maximum Gasteiger partial charge on any atom is 0.282 e. The Bertz CT molecular complexity index is 1440. The maximum absolute atomic E-state index is 13.8. The summed E-state index contributed by atoms with van der Waals surface area (Å²) in [6.07, 6.45) is 0. The van der Waals surface area contributed by atoms with Crippen molar-refractivity contribution in [3.8, 4) is 0 Å². The highest BCUT2D eigenvalue weighted by atomic mass is 35.5. The number of amides is 2. The Morgan fingerprint density at radius 2 is 1.44 bits per heavy atom. The Balaban J connectivity index is 1.62. The van der Waals surface area contributed by atoms with Crippen LogP contribution in [0.1, 0.15) is 5.56 Å². The minimum Gasteiger partial charge on any atom is -0.378 e. The Labute approximate surface area is 202 Å². The first kappa shape index (κ1) is 21.7. The summed E-state index contributed by atoms with van der Waals surface area (Å²) >= 11 is 6.08. The third-order valence-electron chi connectivity index (χ3n) is 5.88. The van der Waals surface area contributed by atoms with Crippen LogP contribution in [-0.4, -0.2) is 25.9 Å². The van der Waals surface area contributed by atoms with Crippen LogP contribution in [0.5, 0.6) is 0 Å². The quantitative estimate of drug-likeness (QED) is 0.368. The number of nitrogens with zero attached hydrogens (tertiary/aromatic N) is 2. The van der Waals surface area contributed by atoms with E-state index in [9.17, 15) is 9.59 Å². The molecule has 0 aromatic heterocycles. The van der Waals surface area contributed by atoms with Gasteiger partial charge in [0.2, 0.25) is 0 Å². The molecule has 0 saturated carbocycles. The molecule has 4 aromatic rings. The third kappa shape index (κ3) is 3.80. The second kappa shape index (κ2) is 8.69. The Morgan fingerprint density at radius 1 is 0.765 bits per heavy atom. The summed E-state index contributed by atoms with van der Waals surface area (Å²) < 4.78 is 0. The van der Waals surface area contributed by atoms with E-state index in [1.165, 1.54) is 4.90 Å². The number of rotatable bonds is 5. The van der Waals surface area contributed by atoms with Crippen LogP contribution in [0.4, 0.5) is 17.1 Å². The van der Waals surface area contributed by atoms with E-state index in [1.54, 1.807) is 30.3 Å². The maximum atomic E-state index is 13.8. The SMILES string of the molecule is CN(C)c1ccc(NC2=C(c3ccc(Cl)cc3)C(=O)N(c3cccc4ccccc34)C2=O)cc1. The van der Waals surface area contributed by atoms with Gasteiger partial charge in [-0.3, -0.25) is 9.59 Å². The number of benzene rings is 4. The summed E-state index contributed by atoms with van der Waals surface area (Å²) in [6.45, 7) is 0. The summed E-state index contributed by atoms with van der Waals surface area (Å²) in [4.78, 5) is 30.7. The molecule has 4 aromatic carbocycles. The van der Waals surface area contributed by atoms with Gasteiger partial charge in [-0.1, -0.05) is 60.1 Å². The first-order chi connectivity index (χ1) is 16.4. The van der Waals surface area contributed by atoms with Crippen molar-refractivity contribution >= 4 is 56.8 Å². The van der Waals surface area contributed by atoms with Crippen molar-refractivity contribution < 1.29 is 9.59 Å². The first-order valence-corrected chi connectivity index (χ1v) is 11.2. The highest BCUT2D eigenvalue weighted by molar-refractivity contribution is 6.47. The normalized spacial score (nSPS) is 13.7. The summed E-state index contributed by atoms with van der Waals surface area (Å²) in [5, 5.41) is 5.56. The number of halogens is 1. The van der Waals surface area contributed by atoms with Crippen LogP contribution < -0.4 is 15.1 Å². The lowest BCUT2D eigenvalue weighted by Crippen LogP contribution is -2.32. The number of hydrogen-bond acceptors (Lipinski definition) is 4. The highest BCUT2D eigenvalue weighted by Gasteiger charge is 2.40. The molecular formula is C28H22ClN3O2. The van der Waals surface area contributed by atoms with E-state index in [2.05, 4.69) is 5.32 Å². The summed E-state index contributed by atoms with van der Waals surface area (Å²) in [6, 6.07) is 27.9. The average Bonchev–Trinajstić information content (AvgIpc) is 3.08. The van der Waals surface area contributed by atoms with Crippen LogP contribution in [-0.2, 0) is 9.59 Å². The number of fused-ring (bicyclic) bond motifs is 1. The van der Waals surface area contributed by atoms with Crippen LogP contribution in [0, 0.1) is 0 Å². The molecule has 168 valence electrons. The van der Waals surface area contributed by atoms with Crippen LogP contribution >= 0.6 is 11.6 Å². The molecule has 0 fully saturated rings. The lowest BCUT2D eigenvalue weighted by Gasteiger charge is -2.18. The largest absolute Gasteiger partial charge is 0.378 e. The van der Waals surface area contributed by atoms with Crippen molar-refractivity contribution in [2.45, 2.75) is 0 Å². The van der Waals surface area contributed by atoms with Gasteiger partial charge < -0.3 is 10.2 Å². The standard InChI is InChI=1S/C28H22ClN3O2/c1-31(2)22-16-14-21(15-17-22)30-26-25(19-10-12-20(29)13-11-19)27(33)32(28(26)34)24-9-5-7-18-6-3-4-8-23(18)24/h3-17,30H,1-2H3. The zero-order valence-electron chi connectivity index (χ0n) is 18.7. The van der Waals surface area contributed by atoms with Gasteiger partial charge in [-0.05, 0) is 53.4 Å². The smallest absolute Gasteiger partial charge is 0.282 e. The molecular weight excluding hydrogens is 446 g/mol. The van der Waals surface area contributed by atoms with E-state index in [-0.39, 0.29) is 11.6 Å². The van der Waals surface area contributed by atoms with Gasteiger partial charge in [0.1, 0.15) is 5.70 Å². The summed E-state index contributed by atoms with van der Waals surface area (Å²) in [5.41, 5.74) is 3.47. The Morgan fingerprint density at radius 3 is 2.15 bits per heavy atom. The van der Waals surface area contributed by atoms with Crippen molar-refractivity contribution in [1.82, 2.24) is 0 Å². The fourth-order valence-corrected chi connectivity index (χ4v) is 4.27. The van der Waals surface area contributed by atoms with Crippen LogP contribution in [0.15, 0.2) is 96.7 Å². The number of hydrogen-bond donors (Lipinski definition) is 1. The fourth-order valence-electron chi connectivity index (χ4n) is 4.14. The predicted octanol–water partition coefficient (Wildman–Crippen LogP) is 5.96. The van der Waals surface area contributed by atoms with Crippen LogP contribution in [0.25, 0.3) is 16.3 Å². The van der Waals surface area contributed by atoms with Gasteiger partial charge in [-0.25, -0.2) is 4.90 Å². The number of anilines is 3. The molecule has 0 spiro atoms. The van der Waals surface area contributed by atoms with Gasteiger partial charge in [0, 0.05) is 35.9 Å². The van der Waals surface area contributed by atoms with E-state index in [0.717, 1.165) is 16.5 Å². The van der Waals surface area contributed by atoms with E-state index < -0.39 is 5.91 Å². The predicted molar refractivity (Wildman–Crippen MR) is 139 cm³/mol. The molecule has 1 aliphatic rings. The molecule has 0 atom stereocenters. The second-order valence-corrected chi connectivity index (χ2v) is 8.70. The summed E-state index contributed by atoms with van der Waals surface area (Å²) in [7, 11) is 3.93. The molecule has 5 rings (SSSR count). The van der Waals surface area contributed by atoms with E-state index >= 15 is 0 Å². The number of carbonyl (C=O) groups excluding carboxylic acids is 2. The van der Waals surface area contributed by atoms with Crippen molar-refractivity contribution in [1.29, 1.82) is 0 Å². The van der Waals surface area contributed by atoms with Gasteiger partial charge in [0.25, 0.3) is 11.8 Å².